The molecule has 0 aromatic heterocycles. The van der Waals surface area contributed by atoms with Crippen LogP contribution in [0.3, 0.4) is 0 Å². The first-order chi connectivity index (χ1) is 8.27. The van der Waals surface area contributed by atoms with Gasteiger partial charge in [-0.1, -0.05) is 21.6 Å². The number of ether oxygens (including phenoxy) is 3. The normalized spacial score (nSPS) is 28.7. The van der Waals surface area contributed by atoms with E-state index in [4.69, 9.17) is 19.3 Å². The second kappa shape index (κ2) is 9.52. The van der Waals surface area contributed by atoms with Crippen LogP contribution in [0.2, 0.25) is 0 Å². The first-order valence-electron chi connectivity index (χ1n) is 5.89. The first-order valence-corrected chi connectivity index (χ1v) is 8.38. The molecule has 17 heavy (non-hydrogen) atoms. The van der Waals surface area contributed by atoms with E-state index in [9.17, 15) is 0 Å². The van der Waals surface area contributed by atoms with Gasteiger partial charge in [0.2, 0.25) is 0 Å². The van der Waals surface area contributed by atoms with Crippen molar-refractivity contribution >= 4 is 29.4 Å². The lowest BCUT2D eigenvalue weighted by Gasteiger charge is -2.16. The fraction of sp³-hybridized carbons (Fsp3) is 1.00. The van der Waals surface area contributed by atoms with Crippen LogP contribution in [0.25, 0.3) is 0 Å². The van der Waals surface area contributed by atoms with Gasteiger partial charge < -0.3 is 19.3 Å². The molecule has 0 aromatic carbocycles. The topological polar surface area (TPSA) is 47.9 Å². The Hall–Kier alpha value is 0.605. The maximum atomic E-state index is 8.61. The number of aliphatic hydroxyl groups is 1. The molecule has 0 aliphatic carbocycles. The zero-order valence-electron chi connectivity index (χ0n) is 10.5. The molecule has 1 saturated heterocycles. The van der Waals surface area contributed by atoms with Crippen molar-refractivity contribution in [1.82, 2.24) is 0 Å². The van der Waals surface area contributed by atoms with Crippen LogP contribution in [0.15, 0.2) is 0 Å². The Morgan fingerprint density at radius 2 is 2.29 bits per heavy atom. The number of aliphatic hydroxyl groups excluding tert-OH is 1. The minimum absolute atomic E-state index is 0.0676. The Kier molecular flexibility index (Phi) is 8.77. The van der Waals surface area contributed by atoms with Gasteiger partial charge >= 0.3 is 0 Å². The smallest absolute Gasteiger partial charge is 0.139 e. The molecule has 0 bridgehead atoms. The summed E-state index contributed by atoms with van der Waals surface area (Å²) >= 11 is 0. The molecule has 1 N–H and O–H groups in total. The Balaban J connectivity index is 1.98. The van der Waals surface area contributed by atoms with E-state index in [1.807, 2.05) is 0 Å². The van der Waals surface area contributed by atoms with E-state index in [2.05, 4.69) is 7.85 Å². The van der Waals surface area contributed by atoms with Crippen LogP contribution >= 0.6 is 21.6 Å². The summed E-state index contributed by atoms with van der Waals surface area (Å²) in [5.74, 6) is 1.61. The van der Waals surface area contributed by atoms with Gasteiger partial charge in [0.1, 0.15) is 19.9 Å². The average molecular weight is 280 g/mol. The molecule has 0 saturated carbocycles. The molecule has 100 valence electrons. The zero-order chi connectivity index (χ0) is 12.5. The predicted octanol–water partition coefficient (Wildman–Crippen LogP) is 0.487. The highest BCUT2D eigenvalue weighted by atomic mass is 33.1. The van der Waals surface area contributed by atoms with Gasteiger partial charge in [-0.15, -0.1) is 0 Å². The summed E-state index contributed by atoms with van der Waals surface area (Å²) in [7, 11) is 7.18. The van der Waals surface area contributed by atoms with Crippen LogP contribution in [-0.4, -0.2) is 63.2 Å². The van der Waals surface area contributed by atoms with Crippen LogP contribution < -0.4 is 0 Å². The van der Waals surface area contributed by atoms with E-state index in [0.717, 1.165) is 18.6 Å². The van der Waals surface area contributed by atoms with Crippen molar-refractivity contribution in [1.29, 1.82) is 0 Å². The van der Waals surface area contributed by atoms with Gasteiger partial charge in [0.05, 0.1) is 12.7 Å². The highest BCUT2D eigenvalue weighted by Crippen LogP contribution is 2.24. The fourth-order valence-corrected chi connectivity index (χ4v) is 3.44. The van der Waals surface area contributed by atoms with Crippen molar-refractivity contribution in [3.63, 3.8) is 0 Å². The van der Waals surface area contributed by atoms with E-state index >= 15 is 0 Å². The molecule has 1 heterocycles. The SMILES string of the molecule is B[C@H]1C[C@@H](OC)[C@@H](COCSSCCCO)O1. The lowest BCUT2D eigenvalue weighted by molar-refractivity contribution is -0.0339. The van der Waals surface area contributed by atoms with Gasteiger partial charge in [-0.2, -0.15) is 0 Å². The minimum Gasteiger partial charge on any atom is -0.396 e. The highest BCUT2D eigenvalue weighted by Gasteiger charge is 2.32. The largest absolute Gasteiger partial charge is 0.396 e. The van der Waals surface area contributed by atoms with E-state index in [0.29, 0.717) is 12.5 Å². The third-order valence-corrected chi connectivity index (χ3v) is 4.75. The second-order valence-corrected chi connectivity index (χ2v) is 6.53. The fourth-order valence-electron chi connectivity index (χ4n) is 1.73. The molecule has 1 aliphatic rings. The van der Waals surface area contributed by atoms with Gasteiger partial charge in [0, 0.05) is 25.5 Å². The van der Waals surface area contributed by atoms with Gasteiger partial charge in [-0.3, -0.25) is 0 Å². The molecule has 0 spiro atoms. The molecule has 4 nitrogen and oxygen atoms in total. The van der Waals surface area contributed by atoms with Crippen LogP contribution in [-0.2, 0) is 14.2 Å². The summed E-state index contributed by atoms with van der Waals surface area (Å²) in [5, 5.41) is 8.61. The molecule has 1 aliphatic heterocycles. The first kappa shape index (κ1) is 15.7. The lowest BCUT2D eigenvalue weighted by Crippen LogP contribution is -2.28. The van der Waals surface area contributed by atoms with Gasteiger partial charge in [0.25, 0.3) is 0 Å². The maximum absolute atomic E-state index is 8.61. The third kappa shape index (κ3) is 6.36. The van der Waals surface area contributed by atoms with Crippen molar-refractivity contribution < 1.29 is 19.3 Å². The molecule has 0 radical (unpaired) electrons. The van der Waals surface area contributed by atoms with E-state index in [1.54, 1.807) is 28.7 Å². The highest BCUT2D eigenvalue weighted by molar-refractivity contribution is 8.76. The molecule has 3 atom stereocenters. The predicted molar refractivity (Wildman–Crippen MR) is 75.2 cm³/mol. The zero-order valence-corrected chi connectivity index (χ0v) is 12.1. The van der Waals surface area contributed by atoms with E-state index in [1.165, 1.54) is 0 Å². The van der Waals surface area contributed by atoms with Crippen molar-refractivity contribution in [2.75, 3.05) is 32.0 Å². The molecule has 7 heteroatoms. The van der Waals surface area contributed by atoms with E-state index in [-0.39, 0.29) is 24.8 Å². The van der Waals surface area contributed by atoms with Gasteiger partial charge in [-0.05, 0) is 12.8 Å². The minimum atomic E-state index is 0.0676. The van der Waals surface area contributed by atoms with Crippen molar-refractivity contribution in [3.05, 3.63) is 0 Å². The second-order valence-electron chi connectivity index (χ2n) is 4.00. The Morgan fingerprint density at radius 1 is 1.47 bits per heavy atom. The van der Waals surface area contributed by atoms with E-state index < -0.39 is 0 Å². The quantitative estimate of drug-likeness (QED) is 0.287. The maximum Gasteiger partial charge on any atom is 0.139 e. The summed E-state index contributed by atoms with van der Waals surface area (Å²) < 4.78 is 16.6. The number of rotatable bonds is 9. The molecule has 0 aromatic rings. The molecule has 0 unspecified atom stereocenters. The molecular formula is C10H21BO4S2. The summed E-state index contributed by atoms with van der Waals surface area (Å²) in [6, 6.07) is 0.264. The number of hydrogen-bond acceptors (Lipinski definition) is 6. The standard InChI is InChI=1S/C10H21BO4S2/c1-13-8-5-10(11)15-9(8)6-14-7-17-16-4-2-3-12/h8-10,12H,2-7,11H2,1H3/t8-,9-,10-/m1/s1. The summed E-state index contributed by atoms with van der Waals surface area (Å²) in [4.78, 5) is 0. The monoisotopic (exact) mass is 280 g/mol. The summed E-state index contributed by atoms with van der Waals surface area (Å²) in [5.41, 5.74) is 0. The van der Waals surface area contributed by atoms with Crippen LogP contribution in [0.5, 0.6) is 0 Å². The molecule has 0 amide bonds. The van der Waals surface area contributed by atoms with Crippen LogP contribution in [0, 0.1) is 0 Å². The molecule has 1 fully saturated rings. The van der Waals surface area contributed by atoms with Gasteiger partial charge in [0.15, 0.2) is 0 Å². The Labute approximate surface area is 112 Å². The van der Waals surface area contributed by atoms with Crippen molar-refractivity contribution in [2.24, 2.45) is 0 Å². The third-order valence-electron chi connectivity index (χ3n) is 2.57. The molecular weight excluding hydrogens is 259 g/mol. The van der Waals surface area contributed by atoms with Crippen molar-refractivity contribution in [3.8, 4) is 0 Å². The summed E-state index contributed by atoms with van der Waals surface area (Å²) in [6.07, 6.45) is 2.02. The Morgan fingerprint density at radius 3 is 3.00 bits per heavy atom. The van der Waals surface area contributed by atoms with Gasteiger partial charge in [-0.25, -0.2) is 0 Å². The number of hydrogen-bond donors (Lipinski definition) is 1. The van der Waals surface area contributed by atoms with Crippen molar-refractivity contribution in [2.45, 2.75) is 31.1 Å². The molecule has 1 rings (SSSR count). The van der Waals surface area contributed by atoms with Crippen LogP contribution in [0.1, 0.15) is 12.8 Å². The number of methoxy groups -OCH3 is 1. The Bertz CT molecular complexity index is 199. The lowest BCUT2D eigenvalue weighted by atomic mass is 9.96. The van der Waals surface area contributed by atoms with Crippen LogP contribution in [0.4, 0.5) is 0 Å². The summed E-state index contributed by atoms with van der Waals surface area (Å²) in [6.45, 7) is 0.855. The average Bonchev–Trinajstić information content (AvgIpc) is 2.68.